The van der Waals surface area contributed by atoms with Gasteiger partial charge in [0.15, 0.2) is 11.5 Å². The highest BCUT2D eigenvalue weighted by molar-refractivity contribution is 9.10. The molecular formula is C13H14BrN3O2. The van der Waals surface area contributed by atoms with Crippen LogP contribution in [0.3, 0.4) is 0 Å². The molecule has 0 aliphatic heterocycles. The molecule has 1 heterocycles. The minimum absolute atomic E-state index is 0.113. The number of methoxy groups -OCH3 is 1. The van der Waals surface area contributed by atoms with E-state index >= 15 is 0 Å². The first-order valence-electron chi connectivity index (χ1n) is 5.71. The van der Waals surface area contributed by atoms with E-state index < -0.39 is 0 Å². The first-order valence-corrected chi connectivity index (χ1v) is 6.51. The number of hydrogen-bond acceptors (Lipinski definition) is 5. The van der Waals surface area contributed by atoms with Crippen LogP contribution < -0.4 is 10.1 Å². The Morgan fingerprint density at radius 3 is 2.89 bits per heavy atom. The maximum atomic E-state index is 9.72. The Kier molecular flexibility index (Phi) is 4.70. The Labute approximate surface area is 119 Å². The van der Waals surface area contributed by atoms with Crippen LogP contribution in [0.25, 0.3) is 0 Å². The molecule has 0 bridgehead atoms. The number of ether oxygens (including phenoxy) is 1. The van der Waals surface area contributed by atoms with E-state index in [0.29, 0.717) is 23.3 Å². The minimum atomic E-state index is 0.113. The summed E-state index contributed by atoms with van der Waals surface area (Å²) in [6.45, 7) is 1.31. The molecule has 6 heteroatoms. The lowest BCUT2D eigenvalue weighted by Gasteiger charge is -2.09. The molecule has 1 aromatic heterocycles. The van der Waals surface area contributed by atoms with E-state index in [1.54, 1.807) is 12.3 Å². The molecule has 19 heavy (non-hydrogen) atoms. The highest BCUT2D eigenvalue weighted by atomic mass is 79.9. The molecule has 0 saturated carbocycles. The first kappa shape index (κ1) is 13.8. The average Bonchev–Trinajstić information content (AvgIpc) is 2.43. The van der Waals surface area contributed by atoms with Gasteiger partial charge in [-0.1, -0.05) is 0 Å². The number of halogens is 1. The Balaban J connectivity index is 1.98. The fourth-order valence-electron chi connectivity index (χ4n) is 1.64. The van der Waals surface area contributed by atoms with E-state index in [1.165, 1.54) is 13.4 Å². The molecule has 0 amide bonds. The molecule has 2 aromatic rings. The Morgan fingerprint density at radius 2 is 2.21 bits per heavy atom. The molecule has 100 valence electrons. The number of benzene rings is 1. The van der Waals surface area contributed by atoms with E-state index in [0.717, 1.165) is 11.3 Å². The van der Waals surface area contributed by atoms with E-state index in [9.17, 15) is 5.11 Å². The predicted octanol–water partition coefficient (Wildman–Crippen LogP) is 2.24. The summed E-state index contributed by atoms with van der Waals surface area (Å²) in [5.74, 6) is 0.565. The number of phenolic OH excluding ortho intramolecular Hbond substituents is 1. The molecule has 0 saturated heterocycles. The van der Waals surface area contributed by atoms with Gasteiger partial charge in [-0.3, -0.25) is 0 Å². The summed E-state index contributed by atoms with van der Waals surface area (Å²) < 4.78 is 5.72. The summed E-state index contributed by atoms with van der Waals surface area (Å²) in [4.78, 5) is 7.99. The van der Waals surface area contributed by atoms with Gasteiger partial charge < -0.3 is 15.2 Å². The van der Waals surface area contributed by atoms with E-state index in [4.69, 9.17) is 4.74 Å². The SMILES string of the molecule is COc1cc(CNCc2ccncn2)cc(Br)c1O. The van der Waals surface area contributed by atoms with Gasteiger partial charge in [-0.2, -0.15) is 0 Å². The number of phenols is 1. The van der Waals surface area contributed by atoms with Gasteiger partial charge in [0.1, 0.15) is 6.33 Å². The van der Waals surface area contributed by atoms with E-state index in [1.807, 2.05) is 12.1 Å². The fraction of sp³-hybridized carbons (Fsp3) is 0.231. The second-order valence-electron chi connectivity index (χ2n) is 3.93. The van der Waals surface area contributed by atoms with Crippen molar-refractivity contribution in [1.82, 2.24) is 15.3 Å². The second kappa shape index (κ2) is 6.49. The van der Waals surface area contributed by atoms with Crippen molar-refractivity contribution in [3.63, 3.8) is 0 Å². The summed E-state index contributed by atoms with van der Waals surface area (Å²) in [6.07, 6.45) is 3.24. The lowest BCUT2D eigenvalue weighted by atomic mass is 10.2. The molecular weight excluding hydrogens is 310 g/mol. The summed E-state index contributed by atoms with van der Waals surface area (Å²) in [5, 5.41) is 13.0. The Bertz CT molecular complexity index is 549. The smallest absolute Gasteiger partial charge is 0.172 e. The van der Waals surface area contributed by atoms with Crippen molar-refractivity contribution >= 4 is 15.9 Å². The number of aromatic hydroxyl groups is 1. The van der Waals surface area contributed by atoms with Gasteiger partial charge in [-0.05, 0) is 39.7 Å². The summed E-state index contributed by atoms with van der Waals surface area (Å²) in [5.41, 5.74) is 1.94. The zero-order chi connectivity index (χ0) is 13.7. The highest BCUT2D eigenvalue weighted by Crippen LogP contribution is 2.35. The van der Waals surface area contributed by atoms with Crippen molar-refractivity contribution in [1.29, 1.82) is 0 Å². The molecule has 1 aromatic carbocycles. The Hall–Kier alpha value is -1.66. The molecule has 0 unspecified atom stereocenters. The average molecular weight is 324 g/mol. The monoisotopic (exact) mass is 323 g/mol. The van der Waals surface area contributed by atoms with Crippen LogP contribution in [0.1, 0.15) is 11.3 Å². The molecule has 0 atom stereocenters. The maximum absolute atomic E-state index is 9.72. The van der Waals surface area contributed by atoms with Crippen molar-refractivity contribution in [3.8, 4) is 11.5 Å². The van der Waals surface area contributed by atoms with Gasteiger partial charge in [-0.25, -0.2) is 9.97 Å². The molecule has 0 aliphatic rings. The van der Waals surface area contributed by atoms with Crippen molar-refractivity contribution < 1.29 is 9.84 Å². The molecule has 0 spiro atoms. The van der Waals surface area contributed by atoms with Gasteiger partial charge in [0.05, 0.1) is 17.3 Å². The normalized spacial score (nSPS) is 10.4. The number of hydrogen-bond donors (Lipinski definition) is 2. The van der Waals surface area contributed by atoms with Gasteiger partial charge >= 0.3 is 0 Å². The maximum Gasteiger partial charge on any atom is 0.172 e. The molecule has 0 aliphatic carbocycles. The lowest BCUT2D eigenvalue weighted by molar-refractivity contribution is 0.371. The predicted molar refractivity (Wildman–Crippen MR) is 74.9 cm³/mol. The third kappa shape index (κ3) is 3.65. The number of nitrogens with one attached hydrogen (secondary N) is 1. The van der Waals surface area contributed by atoms with Gasteiger partial charge in [0.2, 0.25) is 0 Å². The zero-order valence-electron chi connectivity index (χ0n) is 10.4. The highest BCUT2D eigenvalue weighted by Gasteiger charge is 2.08. The quantitative estimate of drug-likeness (QED) is 0.883. The van der Waals surface area contributed by atoms with Crippen molar-refractivity contribution in [2.24, 2.45) is 0 Å². The third-order valence-electron chi connectivity index (χ3n) is 2.59. The molecule has 2 N–H and O–H groups in total. The summed E-state index contributed by atoms with van der Waals surface area (Å²) in [7, 11) is 1.53. The van der Waals surface area contributed by atoms with Crippen molar-refractivity contribution in [2.45, 2.75) is 13.1 Å². The number of aromatic nitrogens is 2. The Morgan fingerprint density at radius 1 is 1.37 bits per heavy atom. The van der Waals surface area contributed by atoms with Crippen LogP contribution >= 0.6 is 15.9 Å². The van der Waals surface area contributed by atoms with Crippen LogP contribution in [0.2, 0.25) is 0 Å². The van der Waals surface area contributed by atoms with E-state index in [-0.39, 0.29) is 5.75 Å². The summed E-state index contributed by atoms with van der Waals surface area (Å²) in [6, 6.07) is 5.51. The van der Waals surface area contributed by atoms with Gasteiger partial charge in [-0.15, -0.1) is 0 Å². The van der Waals surface area contributed by atoms with Crippen LogP contribution in [0, 0.1) is 0 Å². The van der Waals surface area contributed by atoms with Crippen LogP contribution in [0.15, 0.2) is 35.2 Å². The van der Waals surface area contributed by atoms with Crippen LogP contribution in [-0.2, 0) is 13.1 Å². The standard InChI is InChI=1S/C13H14BrN3O2/c1-19-12-5-9(4-11(14)13(12)18)6-16-7-10-2-3-15-8-17-10/h2-5,8,16,18H,6-7H2,1H3. The fourth-order valence-corrected chi connectivity index (χ4v) is 2.13. The minimum Gasteiger partial charge on any atom is -0.503 e. The molecule has 0 fully saturated rings. The van der Waals surface area contributed by atoms with Crippen LogP contribution in [0.4, 0.5) is 0 Å². The topological polar surface area (TPSA) is 67.3 Å². The van der Waals surface area contributed by atoms with Crippen LogP contribution in [-0.4, -0.2) is 22.2 Å². The number of rotatable bonds is 5. The second-order valence-corrected chi connectivity index (χ2v) is 4.79. The number of nitrogens with zero attached hydrogens (tertiary/aromatic N) is 2. The first-order chi connectivity index (χ1) is 9.20. The van der Waals surface area contributed by atoms with Crippen LogP contribution in [0.5, 0.6) is 11.5 Å². The van der Waals surface area contributed by atoms with Crippen molar-refractivity contribution in [3.05, 3.63) is 46.5 Å². The van der Waals surface area contributed by atoms with Gasteiger partial charge in [0.25, 0.3) is 0 Å². The summed E-state index contributed by atoms with van der Waals surface area (Å²) >= 11 is 3.30. The molecule has 5 nitrogen and oxygen atoms in total. The van der Waals surface area contributed by atoms with Crippen molar-refractivity contribution in [2.75, 3.05) is 7.11 Å². The lowest BCUT2D eigenvalue weighted by Crippen LogP contribution is -2.13. The molecule has 2 rings (SSSR count). The van der Waals surface area contributed by atoms with Gasteiger partial charge in [0, 0.05) is 19.3 Å². The third-order valence-corrected chi connectivity index (χ3v) is 3.19. The molecule has 0 radical (unpaired) electrons. The largest absolute Gasteiger partial charge is 0.503 e. The zero-order valence-corrected chi connectivity index (χ0v) is 12.0. The van der Waals surface area contributed by atoms with E-state index in [2.05, 4.69) is 31.2 Å².